The summed E-state index contributed by atoms with van der Waals surface area (Å²) in [5, 5.41) is 6.65. The monoisotopic (exact) mass is 262 g/mol. The minimum atomic E-state index is -0.385. The van der Waals surface area contributed by atoms with Crippen molar-refractivity contribution in [2.75, 3.05) is 44.6 Å². The van der Waals surface area contributed by atoms with Crippen LogP contribution in [-0.2, 0) is 0 Å². The van der Waals surface area contributed by atoms with Gasteiger partial charge in [0.15, 0.2) is 0 Å². The van der Waals surface area contributed by atoms with E-state index in [0.29, 0.717) is 5.56 Å². The van der Waals surface area contributed by atoms with Crippen LogP contribution in [0, 0.1) is 6.92 Å². The average molecular weight is 262 g/mol. The summed E-state index contributed by atoms with van der Waals surface area (Å²) in [4.78, 5) is 13.8. The van der Waals surface area contributed by atoms with Gasteiger partial charge in [0.25, 0.3) is 5.91 Å². The van der Waals surface area contributed by atoms with E-state index >= 15 is 0 Å². The fourth-order valence-electron chi connectivity index (χ4n) is 2.30. The lowest BCUT2D eigenvalue weighted by atomic mass is 10.1. The van der Waals surface area contributed by atoms with Crippen LogP contribution in [0.3, 0.4) is 0 Å². The van der Waals surface area contributed by atoms with E-state index in [0.717, 1.165) is 50.5 Å². The van der Waals surface area contributed by atoms with Crippen molar-refractivity contribution in [1.82, 2.24) is 10.2 Å². The lowest BCUT2D eigenvalue weighted by Crippen LogP contribution is -2.45. The summed E-state index contributed by atoms with van der Waals surface area (Å²) in [6.45, 7) is 8.08. The summed E-state index contributed by atoms with van der Waals surface area (Å²) in [5.41, 5.74) is 7.90. The maximum absolute atomic E-state index is 11.4. The van der Waals surface area contributed by atoms with Gasteiger partial charge in [-0.2, -0.15) is 0 Å². The fourth-order valence-corrected chi connectivity index (χ4v) is 2.30. The van der Waals surface area contributed by atoms with Crippen LogP contribution in [0.1, 0.15) is 15.9 Å². The Morgan fingerprint density at radius 2 is 2.16 bits per heavy atom. The molecule has 5 heteroatoms. The number of nitrogens with zero attached hydrogens (tertiary/aromatic N) is 1. The van der Waals surface area contributed by atoms with E-state index < -0.39 is 0 Å². The molecule has 0 aromatic heterocycles. The van der Waals surface area contributed by atoms with Crippen molar-refractivity contribution in [2.24, 2.45) is 5.73 Å². The van der Waals surface area contributed by atoms with E-state index in [-0.39, 0.29) is 5.91 Å². The van der Waals surface area contributed by atoms with Crippen molar-refractivity contribution in [2.45, 2.75) is 6.92 Å². The molecule has 1 aliphatic heterocycles. The number of nitrogens with one attached hydrogen (secondary N) is 2. The lowest BCUT2D eigenvalue weighted by molar-refractivity contribution is 0.100. The second-order valence-corrected chi connectivity index (χ2v) is 4.93. The van der Waals surface area contributed by atoms with Gasteiger partial charge in [0.05, 0.1) is 5.56 Å². The molecule has 4 N–H and O–H groups in total. The Morgan fingerprint density at radius 1 is 1.42 bits per heavy atom. The minimum absolute atomic E-state index is 0.385. The van der Waals surface area contributed by atoms with Crippen LogP contribution < -0.4 is 16.4 Å². The number of carbonyl (C=O) groups is 1. The highest BCUT2D eigenvalue weighted by Gasteiger charge is 2.10. The number of rotatable bonds is 5. The SMILES string of the molecule is Cc1ccc(C(N)=O)c(NCCN2CCNCC2)c1. The molecular weight excluding hydrogens is 240 g/mol. The molecule has 0 radical (unpaired) electrons. The Morgan fingerprint density at radius 3 is 2.84 bits per heavy atom. The number of carbonyl (C=O) groups excluding carboxylic acids is 1. The fraction of sp³-hybridized carbons (Fsp3) is 0.500. The Bertz CT molecular complexity index is 441. The summed E-state index contributed by atoms with van der Waals surface area (Å²) in [6, 6.07) is 5.66. The van der Waals surface area contributed by atoms with Crippen LogP contribution in [0.2, 0.25) is 0 Å². The third kappa shape index (κ3) is 3.94. The van der Waals surface area contributed by atoms with Crippen LogP contribution >= 0.6 is 0 Å². The molecular formula is C14H22N4O. The minimum Gasteiger partial charge on any atom is -0.383 e. The molecule has 19 heavy (non-hydrogen) atoms. The molecule has 1 aromatic rings. The van der Waals surface area contributed by atoms with Crippen LogP contribution in [0.5, 0.6) is 0 Å². The topological polar surface area (TPSA) is 70.4 Å². The van der Waals surface area contributed by atoms with Gasteiger partial charge in [0.2, 0.25) is 0 Å². The number of hydrogen-bond donors (Lipinski definition) is 3. The Hall–Kier alpha value is -1.59. The first kappa shape index (κ1) is 13.8. The molecule has 1 saturated heterocycles. The summed E-state index contributed by atoms with van der Waals surface area (Å²) in [7, 11) is 0. The zero-order chi connectivity index (χ0) is 13.7. The van der Waals surface area contributed by atoms with Crippen molar-refractivity contribution in [3.63, 3.8) is 0 Å². The highest BCUT2D eigenvalue weighted by molar-refractivity contribution is 5.98. The van der Waals surface area contributed by atoms with E-state index in [1.807, 2.05) is 19.1 Å². The molecule has 1 aromatic carbocycles. The van der Waals surface area contributed by atoms with E-state index in [1.54, 1.807) is 6.07 Å². The van der Waals surface area contributed by atoms with Crippen LogP contribution in [-0.4, -0.2) is 50.1 Å². The summed E-state index contributed by atoms with van der Waals surface area (Å²) >= 11 is 0. The molecule has 0 unspecified atom stereocenters. The van der Waals surface area contributed by atoms with Crippen molar-refractivity contribution >= 4 is 11.6 Å². The first-order valence-electron chi connectivity index (χ1n) is 6.74. The number of nitrogens with two attached hydrogens (primary N) is 1. The molecule has 0 aliphatic carbocycles. The molecule has 5 nitrogen and oxygen atoms in total. The first-order chi connectivity index (χ1) is 9.16. The third-order valence-corrected chi connectivity index (χ3v) is 3.39. The molecule has 2 rings (SSSR count). The predicted molar refractivity (Wildman–Crippen MR) is 77.5 cm³/mol. The van der Waals surface area contributed by atoms with Gasteiger partial charge in [-0.1, -0.05) is 6.07 Å². The van der Waals surface area contributed by atoms with Gasteiger partial charge in [-0.25, -0.2) is 0 Å². The summed E-state index contributed by atoms with van der Waals surface area (Å²) in [6.07, 6.45) is 0. The quantitative estimate of drug-likeness (QED) is 0.719. The van der Waals surface area contributed by atoms with Gasteiger partial charge in [0.1, 0.15) is 0 Å². The molecule has 0 spiro atoms. The first-order valence-corrected chi connectivity index (χ1v) is 6.74. The van der Waals surface area contributed by atoms with Gasteiger partial charge in [-0.15, -0.1) is 0 Å². The number of piperazine rings is 1. The molecule has 1 amide bonds. The molecule has 1 aliphatic rings. The highest BCUT2D eigenvalue weighted by Crippen LogP contribution is 2.16. The molecule has 0 atom stereocenters. The molecule has 1 fully saturated rings. The smallest absolute Gasteiger partial charge is 0.250 e. The molecule has 104 valence electrons. The Kier molecular flexibility index (Phi) is 4.76. The second-order valence-electron chi connectivity index (χ2n) is 4.93. The van der Waals surface area contributed by atoms with Gasteiger partial charge in [-0.05, 0) is 24.6 Å². The summed E-state index contributed by atoms with van der Waals surface area (Å²) in [5.74, 6) is -0.385. The van der Waals surface area contributed by atoms with Gasteiger partial charge in [0, 0.05) is 45.0 Å². The maximum Gasteiger partial charge on any atom is 0.250 e. The van der Waals surface area contributed by atoms with E-state index in [4.69, 9.17) is 5.73 Å². The molecule has 0 saturated carbocycles. The Balaban J connectivity index is 1.91. The van der Waals surface area contributed by atoms with Gasteiger partial charge in [-0.3, -0.25) is 9.69 Å². The number of anilines is 1. The number of benzene rings is 1. The van der Waals surface area contributed by atoms with Crippen molar-refractivity contribution in [3.8, 4) is 0 Å². The van der Waals surface area contributed by atoms with Crippen LogP contribution in [0.15, 0.2) is 18.2 Å². The van der Waals surface area contributed by atoms with E-state index in [9.17, 15) is 4.79 Å². The number of hydrogen-bond acceptors (Lipinski definition) is 4. The van der Waals surface area contributed by atoms with Gasteiger partial charge >= 0.3 is 0 Å². The zero-order valence-corrected chi connectivity index (χ0v) is 11.4. The number of aryl methyl sites for hydroxylation is 1. The standard InChI is InChI=1S/C14H22N4O/c1-11-2-3-12(14(15)19)13(10-11)17-6-9-18-7-4-16-5-8-18/h2-3,10,16-17H,4-9H2,1H3,(H2,15,19). The Labute approximate surface area is 114 Å². The van der Waals surface area contributed by atoms with Crippen molar-refractivity contribution in [1.29, 1.82) is 0 Å². The highest BCUT2D eigenvalue weighted by atomic mass is 16.1. The maximum atomic E-state index is 11.4. The van der Waals surface area contributed by atoms with Crippen molar-refractivity contribution in [3.05, 3.63) is 29.3 Å². The lowest BCUT2D eigenvalue weighted by Gasteiger charge is -2.27. The number of amides is 1. The largest absolute Gasteiger partial charge is 0.383 e. The zero-order valence-electron chi connectivity index (χ0n) is 11.4. The van der Waals surface area contributed by atoms with Crippen molar-refractivity contribution < 1.29 is 4.79 Å². The van der Waals surface area contributed by atoms with E-state index in [2.05, 4.69) is 15.5 Å². The molecule has 1 heterocycles. The third-order valence-electron chi connectivity index (χ3n) is 3.39. The van der Waals surface area contributed by atoms with Crippen LogP contribution in [0.4, 0.5) is 5.69 Å². The number of primary amides is 1. The van der Waals surface area contributed by atoms with Crippen LogP contribution in [0.25, 0.3) is 0 Å². The summed E-state index contributed by atoms with van der Waals surface area (Å²) < 4.78 is 0. The predicted octanol–water partition coefficient (Wildman–Crippen LogP) is 0.411. The second kappa shape index (κ2) is 6.54. The average Bonchev–Trinajstić information content (AvgIpc) is 2.39. The molecule has 0 bridgehead atoms. The van der Waals surface area contributed by atoms with Gasteiger partial charge < -0.3 is 16.4 Å². The normalized spacial score (nSPS) is 16.3. The van der Waals surface area contributed by atoms with E-state index in [1.165, 1.54) is 0 Å².